The van der Waals surface area contributed by atoms with Crippen molar-refractivity contribution < 1.29 is 8.78 Å². The highest BCUT2D eigenvalue weighted by atomic mass is 19.2. The molecule has 1 nitrogen and oxygen atoms in total. The van der Waals surface area contributed by atoms with Crippen molar-refractivity contribution in [3.05, 3.63) is 47.0 Å². The molecule has 0 saturated heterocycles. The minimum absolute atomic E-state index is 0.153. The van der Waals surface area contributed by atoms with Crippen molar-refractivity contribution in [2.75, 3.05) is 0 Å². The van der Waals surface area contributed by atoms with Crippen LogP contribution in [0.4, 0.5) is 8.78 Å². The maximum absolute atomic E-state index is 12.9. The molecule has 0 saturated carbocycles. The second kappa shape index (κ2) is 5.03. The van der Waals surface area contributed by atoms with Gasteiger partial charge in [-0.2, -0.15) is 0 Å². The Labute approximate surface area is 88.6 Å². The number of rotatable bonds is 3. The molecule has 0 fully saturated rings. The van der Waals surface area contributed by atoms with Gasteiger partial charge >= 0.3 is 0 Å². The Morgan fingerprint density at radius 2 is 2.00 bits per heavy atom. The molecular weight excluding hydrogens is 196 g/mol. The first-order chi connectivity index (χ1) is 6.99. The lowest BCUT2D eigenvalue weighted by atomic mass is 10.0. The third-order valence-electron chi connectivity index (χ3n) is 2.00. The zero-order valence-electron chi connectivity index (χ0n) is 8.93. The van der Waals surface area contributed by atoms with Crippen LogP contribution in [0.3, 0.4) is 0 Å². The summed E-state index contributed by atoms with van der Waals surface area (Å²) < 4.78 is 25.5. The van der Waals surface area contributed by atoms with Crippen LogP contribution in [-0.4, -0.2) is 6.04 Å². The summed E-state index contributed by atoms with van der Waals surface area (Å²) in [6, 6.07) is 3.71. The molecule has 0 aliphatic heterocycles. The first-order valence-corrected chi connectivity index (χ1v) is 4.83. The van der Waals surface area contributed by atoms with Crippen LogP contribution < -0.4 is 5.73 Å². The van der Waals surface area contributed by atoms with Crippen LogP contribution in [0.15, 0.2) is 29.8 Å². The largest absolute Gasteiger partial charge is 0.324 e. The van der Waals surface area contributed by atoms with Crippen molar-refractivity contribution in [2.45, 2.75) is 26.3 Å². The molecule has 0 heterocycles. The van der Waals surface area contributed by atoms with Crippen LogP contribution in [0.5, 0.6) is 0 Å². The van der Waals surface area contributed by atoms with Gasteiger partial charge in [0.2, 0.25) is 0 Å². The van der Waals surface area contributed by atoms with Gasteiger partial charge in [-0.1, -0.05) is 17.7 Å². The molecule has 1 aromatic rings. The van der Waals surface area contributed by atoms with E-state index in [0.717, 1.165) is 11.6 Å². The van der Waals surface area contributed by atoms with Crippen LogP contribution in [0, 0.1) is 11.6 Å². The van der Waals surface area contributed by atoms with Gasteiger partial charge in [0.1, 0.15) is 0 Å². The van der Waals surface area contributed by atoms with E-state index in [1.54, 1.807) is 6.07 Å². The second-order valence-electron chi connectivity index (χ2n) is 3.86. The van der Waals surface area contributed by atoms with Crippen molar-refractivity contribution in [1.29, 1.82) is 0 Å². The van der Waals surface area contributed by atoms with Gasteiger partial charge in [0.05, 0.1) is 0 Å². The fraction of sp³-hybridized carbons (Fsp3) is 0.333. The molecule has 1 unspecified atom stereocenters. The number of hydrogen-bond donors (Lipinski definition) is 1. The van der Waals surface area contributed by atoms with Crippen molar-refractivity contribution >= 4 is 0 Å². The van der Waals surface area contributed by atoms with E-state index in [4.69, 9.17) is 5.73 Å². The Morgan fingerprint density at radius 1 is 1.33 bits per heavy atom. The van der Waals surface area contributed by atoms with E-state index in [1.165, 1.54) is 6.07 Å². The fourth-order valence-electron chi connectivity index (χ4n) is 1.43. The SMILES string of the molecule is CC(C)=CC(N)Cc1ccc(F)c(F)c1. The Morgan fingerprint density at radius 3 is 2.53 bits per heavy atom. The van der Waals surface area contributed by atoms with Gasteiger partial charge in [-0.15, -0.1) is 0 Å². The predicted molar refractivity (Wildman–Crippen MR) is 57.5 cm³/mol. The van der Waals surface area contributed by atoms with E-state index >= 15 is 0 Å². The molecule has 15 heavy (non-hydrogen) atoms. The number of halogens is 2. The second-order valence-corrected chi connectivity index (χ2v) is 3.86. The molecule has 2 N–H and O–H groups in total. The molecule has 1 aromatic carbocycles. The Hall–Kier alpha value is -1.22. The van der Waals surface area contributed by atoms with Gasteiger partial charge in [-0.3, -0.25) is 0 Å². The summed E-state index contributed by atoms with van der Waals surface area (Å²) in [5, 5.41) is 0. The number of hydrogen-bond acceptors (Lipinski definition) is 1. The van der Waals surface area contributed by atoms with E-state index < -0.39 is 11.6 Å². The molecule has 0 bridgehead atoms. The smallest absolute Gasteiger partial charge is 0.159 e. The molecular formula is C12H15F2N. The van der Waals surface area contributed by atoms with Crippen molar-refractivity contribution in [3.8, 4) is 0 Å². The normalized spacial score (nSPS) is 12.3. The molecule has 0 radical (unpaired) electrons. The fourth-order valence-corrected chi connectivity index (χ4v) is 1.43. The highest BCUT2D eigenvalue weighted by molar-refractivity contribution is 5.20. The summed E-state index contributed by atoms with van der Waals surface area (Å²) in [5.41, 5.74) is 7.63. The Balaban J connectivity index is 2.73. The van der Waals surface area contributed by atoms with Crippen LogP contribution >= 0.6 is 0 Å². The van der Waals surface area contributed by atoms with Gasteiger partial charge in [0.15, 0.2) is 11.6 Å². The lowest BCUT2D eigenvalue weighted by molar-refractivity contribution is 0.506. The maximum atomic E-state index is 12.9. The zero-order chi connectivity index (χ0) is 11.4. The van der Waals surface area contributed by atoms with E-state index in [1.807, 2.05) is 19.9 Å². The molecule has 0 aliphatic rings. The van der Waals surface area contributed by atoms with Gasteiger partial charge in [0.25, 0.3) is 0 Å². The average Bonchev–Trinajstić information content (AvgIpc) is 2.10. The first kappa shape index (κ1) is 11.9. The standard InChI is InChI=1S/C12H15F2N/c1-8(2)5-10(15)6-9-3-4-11(13)12(14)7-9/h3-5,7,10H,6,15H2,1-2H3. The Bertz CT molecular complexity index is 368. The number of nitrogens with two attached hydrogens (primary N) is 1. The maximum Gasteiger partial charge on any atom is 0.159 e. The summed E-state index contributed by atoms with van der Waals surface area (Å²) in [6.45, 7) is 3.90. The van der Waals surface area contributed by atoms with E-state index in [9.17, 15) is 8.78 Å². The summed E-state index contributed by atoms with van der Waals surface area (Å²) in [4.78, 5) is 0. The van der Waals surface area contributed by atoms with Gasteiger partial charge in [-0.05, 0) is 38.0 Å². The first-order valence-electron chi connectivity index (χ1n) is 4.83. The van der Waals surface area contributed by atoms with Crippen LogP contribution in [-0.2, 0) is 6.42 Å². The van der Waals surface area contributed by atoms with Gasteiger partial charge < -0.3 is 5.73 Å². The molecule has 0 aliphatic carbocycles. The summed E-state index contributed by atoms with van der Waals surface area (Å²) in [6.07, 6.45) is 2.42. The quantitative estimate of drug-likeness (QED) is 0.764. The highest BCUT2D eigenvalue weighted by Crippen LogP contribution is 2.10. The molecule has 3 heteroatoms. The molecule has 1 atom stereocenters. The highest BCUT2D eigenvalue weighted by Gasteiger charge is 2.05. The lowest BCUT2D eigenvalue weighted by Gasteiger charge is -2.07. The zero-order valence-corrected chi connectivity index (χ0v) is 8.93. The lowest BCUT2D eigenvalue weighted by Crippen LogP contribution is -2.20. The molecule has 82 valence electrons. The third kappa shape index (κ3) is 3.80. The van der Waals surface area contributed by atoms with Crippen LogP contribution in [0.25, 0.3) is 0 Å². The van der Waals surface area contributed by atoms with E-state index in [0.29, 0.717) is 12.0 Å². The van der Waals surface area contributed by atoms with Gasteiger partial charge in [0, 0.05) is 6.04 Å². The van der Waals surface area contributed by atoms with Gasteiger partial charge in [-0.25, -0.2) is 8.78 Å². The summed E-state index contributed by atoms with van der Waals surface area (Å²) in [7, 11) is 0. The van der Waals surface area contributed by atoms with E-state index in [-0.39, 0.29) is 6.04 Å². The summed E-state index contributed by atoms with van der Waals surface area (Å²) >= 11 is 0. The topological polar surface area (TPSA) is 26.0 Å². The van der Waals surface area contributed by atoms with Crippen molar-refractivity contribution in [3.63, 3.8) is 0 Å². The average molecular weight is 211 g/mol. The predicted octanol–water partition coefficient (Wildman–Crippen LogP) is 2.80. The molecule has 0 spiro atoms. The minimum Gasteiger partial charge on any atom is -0.324 e. The number of benzene rings is 1. The molecule has 0 aromatic heterocycles. The third-order valence-corrected chi connectivity index (χ3v) is 2.00. The summed E-state index contributed by atoms with van der Waals surface area (Å²) in [5.74, 6) is -1.65. The monoisotopic (exact) mass is 211 g/mol. The molecule has 1 rings (SSSR count). The van der Waals surface area contributed by atoms with E-state index in [2.05, 4.69) is 0 Å². The minimum atomic E-state index is -0.825. The van der Waals surface area contributed by atoms with Crippen molar-refractivity contribution in [1.82, 2.24) is 0 Å². The van der Waals surface area contributed by atoms with Crippen LogP contribution in [0.1, 0.15) is 19.4 Å². The Kier molecular flexibility index (Phi) is 3.97. The van der Waals surface area contributed by atoms with Crippen LogP contribution in [0.2, 0.25) is 0 Å². The van der Waals surface area contributed by atoms with Crippen molar-refractivity contribution in [2.24, 2.45) is 5.73 Å². The molecule has 0 amide bonds. The number of allylic oxidation sites excluding steroid dienone is 1.